The molecule has 0 radical (unpaired) electrons. The standard InChI is InChI=1S/C71H108O37/c1-94-43-19-31(5-13-38(43)75)8-17-52(81)96-27-47-56(85)59(88)63(92)68(104-47)99-35-11-3-30(4-12-35)7-16-51(80)97-28-49-58(87)62(91)67(108-71-66(61(90)55(84)46(26-72)103-71)107-53(82)18-9-32-6-14-39(76)44(20-32)95-2)70(106-49)102-45-24-36-41(100-65(45)33-10-15-37(74)40(77)21-33)22-34(73)23-42(36)101-69-64(93)60(89)57(86)48(105-69)29-98-54(83)25-50(78)79/h7-9,16-18,30-49,55-77,84-93H,3-6,10-15,19-29H2,1-2H3,(H,78,79)/p+1/t30?,31?,32?,33?,34?,35?,36?,37?,38?,39?,40?,41?,42?,43?,44?,45?,46-,47-,48-,49-,55-,56-,57-,58-,59+,60+,61+,62+,63-,64-,65?,66-,67-,68-,69-,70-,71+/m1/s1. The number of esters is 4. The third-order valence-electron chi connectivity index (χ3n) is 22.8. The minimum atomic E-state index is -2.15. The van der Waals surface area contributed by atoms with Gasteiger partial charge in [-0.1, -0.05) is 18.2 Å². The second-order valence-electron chi connectivity index (χ2n) is 30.1. The minimum Gasteiger partial charge on any atom is -0.481 e. The van der Waals surface area contributed by atoms with Gasteiger partial charge in [-0.2, -0.15) is 0 Å². The number of carboxylic acid groups (broad SMARTS) is 1. The summed E-state index contributed by atoms with van der Waals surface area (Å²) in [6, 6.07) is 0. The number of allylic oxidation sites excluding steroid dienone is 3. The Kier molecular flexibility index (Phi) is 31.4. The summed E-state index contributed by atoms with van der Waals surface area (Å²) in [4.78, 5) is 63.5. The van der Waals surface area contributed by atoms with E-state index >= 15 is 0 Å². The summed E-state index contributed by atoms with van der Waals surface area (Å²) in [5, 5.41) is 186. The molecule has 10 rings (SSSR count). The first-order chi connectivity index (χ1) is 51.5. The quantitative estimate of drug-likeness (QED) is 0.0120. The lowest BCUT2D eigenvalue weighted by atomic mass is 9.72. The Bertz CT molecular complexity index is 2970. The van der Waals surface area contributed by atoms with Gasteiger partial charge < -0.3 is 158 Å². The SMILES string of the molecule is COC1CC(C=CC(=O)OC[C@H]2O[C@@H](OC3CCC(C=CC(=O)OC[C@H]4O[C@@H](OC5CC6C(O[C@@H]7O[C@H](COC(=O)CC(=O)O)[C@@H](O)[C@H](O)[C@H]7O)CC(O)CC6[OH+]C5C5CCC(O)C(O)C5)[C@H](O[C@@H]5O[C@H](CO)[C@@H](O)[C@H](O)[C@H]5OC(=O)C=CC5CCC(O)C(OC)C5)[C@@H](O)[C@@H]4O)CC3)[C@H](O)[C@@H](O)[C@@H]2O)CCC1O. The fourth-order valence-corrected chi connectivity index (χ4v) is 16.4. The molecular formula is C71H109O37+. The molecule has 5 aliphatic carbocycles. The van der Waals surface area contributed by atoms with Gasteiger partial charge in [-0.3, -0.25) is 9.59 Å². The van der Waals surface area contributed by atoms with E-state index in [0.717, 1.165) is 12.2 Å². The molecule has 10 aliphatic rings. The van der Waals surface area contributed by atoms with Crippen LogP contribution >= 0.6 is 0 Å². The van der Waals surface area contributed by atoms with Crippen molar-refractivity contribution in [3.63, 3.8) is 0 Å². The molecule has 35 atom stereocenters. The zero-order valence-electron chi connectivity index (χ0n) is 60.0. The van der Waals surface area contributed by atoms with E-state index in [9.17, 15) is 106 Å². The first-order valence-corrected chi connectivity index (χ1v) is 37.3. The Morgan fingerprint density at radius 3 is 1.44 bits per heavy atom. The van der Waals surface area contributed by atoms with Gasteiger partial charge in [0, 0.05) is 51.2 Å². The summed E-state index contributed by atoms with van der Waals surface area (Å²) >= 11 is 0. The number of carboxylic acids is 1. The average Bonchev–Trinajstić information content (AvgIpc) is 0.764. The van der Waals surface area contributed by atoms with Crippen molar-refractivity contribution in [2.24, 2.45) is 29.6 Å². The maximum Gasteiger partial charge on any atom is 0.330 e. The zero-order valence-corrected chi connectivity index (χ0v) is 60.0. The molecule has 10 fully saturated rings. The number of aliphatic hydroxyl groups is 18. The molecule has 614 valence electrons. The van der Waals surface area contributed by atoms with Crippen LogP contribution in [0.2, 0.25) is 0 Å². The highest BCUT2D eigenvalue weighted by atomic mass is 16.8. The molecule has 5 heterocycles. The number of ether oxygens (including phenoxy) is 15. The molecule has 5 aliphatic heterocycles. The van der Waals surface area contributed by atoms with Crippen LogP contribution in [0.5, 0.6) is 0 Å². The summed E-state index contributed by atoms with van der Waals surface area (Å²) in [5.74, 6) is -7.46. The van der Waals surface area contributed by atoms with E-state index in [-0.39, 0.29) is 62.4 Å². The van der Waals surface area contributed by atoms with Crippen LogP contribution < -0.4 is 0 Å². The summed E-state index contributed by atoms with van der Waals surface area (Å²) in [6.45, 7) is -3.00. The first-order valence-electron chi connectivity index (χ1n) is 37.3. The molecule has 15 unspecified atom stereocenters. The van der Waals surface area contributed by atoms with Gasteiger partial charge >= 0.3 is 29.8 Å². The molecule has 0 bridgehead atoms. The summed E-state index contributed by atoms with van der Waals surface area (Å²) in [6.07, 6.45) is -35.3. The van der Waals surface area contributed by atoms with Crippen molar-refractivity contribution in [1.82, 2.24) is 0 Å². The molecule has 0 aromatic heterocycles. The monoisotopic (exact) mass is 1550 g/mol. The van der Waals surface area contributed by atoms with Crippen LogP contribution in [0.4, 0.5) is 0 Å². The van der Waals surface area contributed by atoms with Gasteiger partial charge in [-0.25, -0.2) is 14.4 Å². The van der Waals surface area contributed by atoms with Crippen LogP contribution in [0, 0.1) is 29.6 Å². The fraction of sp³-hybridized carbons (Fsp3) is 0.845. The lowest BCUT2D eigenvalue weighted by Crippen LogP contribution is -2.66. The molecule has 0 aromatic rings. The number of carbonyl (C=O) groups excluding carboxylic acids is 4. The topological polar surface area (TPSA) is 571 Å². The van der Waals surface area contributed by atoms with E-state index in [2.05, 4.69) is 0 Å². The number of fused-ring (bicyclic) bond motifs is 1. The summed E-state index contributed by atoms with van der Waals surface area (Å²) in [7, 11) is 2.93. The Hall–Kier alpha value is -4.51. The predicted molar refractivity (Wildman–Crippen MR) is 356 cm³/mol. The van der Waals surface area contributed by atoms with Gasteiger partial charge in [0.05, 0.1) is 67.5 Å². The third kappa shape index (κ3) is 21.9. The van der Waals surface area contributed by atoms with E-state index in [1.165, 1.54) is 26.4 Å². The number of methoxy groups -OCH3 is 2. The molecule has 108 heavy (non-hydrogen) atoms. The molecule has 0 spiro atoms. The minimum absolute atomic E-state index is 0.0247. The van der Waals surface area contributed by atoms with Gasteiger partial charge in [0.2, 0.25) is 0 Å². The molecule has 0 amide bonds. The number of rotatable bonds is 27. The van der Waals surface area contributed by atoms with Gasteiger partial charge in [0.15, 0.2) is 43.5 Å². The van der Waals surface area contributed by atoms with Crippen molar-refractivity contribution in [1.29, 1.82) is 0 Å². The van der Waals surface area contributed by atoms with Crippen molar-refractivity contribution in [3.8, 4) is 0 Å². The summed E-state index contributed by atoms with van der Waals surface area (Å²) < 4.78 is 87.5. The lowest BCUT2D eigenvalue weighted by molar-refractivity contribution is -0.390. The molecular weight excluding hydrogens is 1440 g/mol. The van der Waals surface area contributed by atoms with E-state index < -0.39 is 264 Å². The van der Waals surface area contributed by atoms with E-state index in [0.29, 0.717) is 64.2 Å². The highest BCUT2D eigenvalue weighted by molar-refractivity contribution is 5.90. The fourth-order valence-electron chi connectivity index (χ4n) is 16.4. The van der Waals surface area contributed by atoms with E-state index in [4.69, 9.17) is 76.2 Å². The second kappa shape index (κ2) is 39.5. The van der Waals surface area contributed by atoms with E-state index in [1.54, 1.807) is 12.2 Å². The number of hydrogen-bond donors (Lipinski definition) is 17. The zero-order chi connectivity index (χ0) is 77.9. The van der Waals surface area contributed by atoms with Gasteiger partial charge in [0.25, 0.3) is 0 Å². The maximum atomic E-state index is 13.7. The van der Waals surface area contributed by atoms with Crippen LogP contribution in [0.25, 0.3) is 0 Å². The Balaban J connectivity index is 0.842. The van der Waals surface area contributed by atoms with Crippen molar-refractivity contribution in [2.45, 2.75) is 305 Å². The number of hydrogen-bond acceptors (Lipinski definition) is 35. The Morgan fingerprint density at radius 2 is 0.889 bits per heavy atom. The maximum absolute atomic E-state index is 13.7. The molecule has 5 saturated carbocycles. The van der Waals surface area contributed by atoms with E-state index in [1.807, 2.05) is 0 Å². The molecule has 18 N–H and O–H groups in total. The smallest absolute Gasteiger partial charge is 0.330 e. The lowest BCUT2D eigenvalue weighted by Gasteiger charge is -2.51. The van der Waals surface area contributed by atoms with Crippen molar-refractivity contribution < 1.29 is 182 Å². The second-order valence-corrected chi connectivity index (χ2v) is 30.1. The van der Waals surface area contributed by atoms with Crippen LogP contribution in [-0.4, -0.2) is 358 Å². The normalized spacial score (nSPS) is 45.5. The van der Waals surface area contributed by atoms with Crippen molar-refractivity contribution >= 4 is 29.8 Å². The summed E-state index contributed by atoms with van der Waals surface area (Å²) in [5.41, 5.74) is 0. The Labute approximate surface area is 621 Å². The number of carbonyl (C=O) groups is 5. The highest BCUT2D eigenvalue weighted by Crippen LogP contribution is 2.45. The largest absolute Gasteiger partial charge is 0.481 e. The Morgan fingerprint density at radius 1 is 0.417 bits per heavy atom. The molecule has 0 aromatic carbocycles. The van der Waals surface area contributed by atoms with Gasteiger partial charge in [-0.15, -0.1) is 0 Å². The molecule has 37 heteroatoms. The van der Waals surface area contributed by atoms with Crippen molar-refractivity contribution in [2.75, 3.05) is 40.6 Å². The third-order valence-corrected chi connectivity index (χ3v) is 22.8. The predicted octanol–water partition coefficient (Wildman–Crippen LogP) is -5.78. The number of aliphatic carboxylic acids is 1. The van der Waals surface area contributed by atoms with Crippen LogP contribution in [0.1, 0.15) is 109 Å². The molecule has 37 nitrogen and oxygen atoms in total. The van der Waals surface area contributed by atoms with Gasteiger partial charge in [0.1, 0.15) is 124 Å². The first kappa shape index (κ1) is 85.9. The molecule has 5 saturated heterocycles. The van der Waals surface area contributed by atoms with Crippen molar-refractivity contribution in [3.05, 3.63) is 36.5 Å². The average molecular weight is 1550 g/mol. The van der Waals surface area contributed by atoms with Crippen LogP contribution in [0.3, 0.4) is 0 Å². The van der Waals surface area contributed by atoms with Crippen LogP contribution in [0.15, 0.2) is 36.5 Å². The number of aliphatic hydroxyl groups excluding tert-OH is 16. The highest BCUT2D eigenvalue weighted by Gasteiger charge is 2.59. The van der Waals surface area contributed by atoms with Gasteiger partial charge in [-0.05, 0) is 108 Å². The van der Waals surface area contributed by atoms with Crippen LogP contribution in [-0.2, 0) is 90.3 Å².